The van der Waals surface area contributed by atoms with Crippen molar-refractivity contribution in [1.29, 1.82) is 0 Å². The van der Waals surface area contributed by atoms with E-state index in [1.165, 1.54) is 24.5 Å². The highest BCUT2D eigenvalue weighted by molar-refractivity contribution is 5.97. The Morgan fingerprint density at radius 3 is 2.81 bits per heavy atom. The molecule has 110 valence electrons. The number of urea groups is 1. The van der Waals surface area contributed by atoms with Gasteiger partial charge in [0.2, 0.25) is 0 Å². The van der Waals surface area contributed by atoms with E-state index >= 15 is 0 Å². The molecule has 0 fully saturated rings. The summed E-state index contributed by atoms with van der Waals surface area (Å²) in [4.78, 5) is 26.4. The second kappa shape index (κ2) is 6.37. The van der Waals surface area contributed by atoms with E-state index in [1.807, 2.05) is 0 Å². The Kier molecular flexibility index (Phi) is 4.34. The van der Waals surface area contributed by atoms with Crippen LogP contribution in [0.1, 0.15) is 16.2 Å². The standard InChI is InChI=1S/C12H13N5O4/c18-10-7(11(19)20)2-1-3-8(10)16-12(21)13-5-4-9-14-6-15-17-9/h1-3,6,18H,4-5H2,(H,19,20)(H2,13,16,21)(H,14,15,17). The minimum absolute atomic E-state index is 0.0204. The number of aromatic hydroxyl groups is 1. The van der Waals surface area contributed by atoms with E-state index in [4.69, 9.17) is 5.11 Å². The number of anilines is 1. The molecule has 0 saturated heterocycles. The fraction of sp³-hybridized carbons (Fsp3) is 0.167. The van der Waals surface area contributed by atoms with Gasteiger partial charge in [-0.05, 0) is 12.1 Å². The summed E-state index contributed by atoms with van der Waals surface area (Å²) < 4.78 is 0. The summed E-state index contributed by atoms with van der Waals surface area (Å²) in [6, 6.07) is 3.50. The number of carbonyl (C=O) groups excluding carboxylic acids is 1. The molecular formula is C12H13N5O4. The monoisotopic (exact) mass is 291 g/mol. The number of aromatic carboxylic acids is 1. The average molecular weight is 291 g/mol. The van der Waals surface area contributed by atoms with Gasteiger partial charge >= 0.3 is 12.0 Å². The Balaban J connectivity index is 1.90. The van der Waals surface area contributed by atoms with Crippen LogP contribution in [0.3, 0.4) is 0 Å². The van der Waals surface area contributed by atoms with E-state index in [0.29, 0.717) is 18.8 Å². The number of rotatable bonds is 5. The number of carbonyl (C=O) groups is 2. The van der Waals surface area contributed by atoms with Crippen molar-refractivity contribution in [3.05, 3.63) is 35.9 Å². The lowest BCUT2D eigenvalue weighted by atomic mass is 10.2. The second-order valence-corrected chi connectivity index (χ2v) is 4.07. The molecule has 0 unspecified atom stereocenters. The summed E-state index contributed by atoms with van der Waals surface area (Å²) in [6.45, 7) is 0.306. The summed E-state index contributed by atoms with van der Waals surface area (Å²) in [7, 11) is 0. The number of phenols is 1. The maximum absolute atomic E-state index is 11.6. The summed E-state index contributed by atoms with van der Waals surface area (Å²) in [5, 5.41) is 29.9. The predicted octanol–water partition coefficient (Wildman–Crippen LogP) is 0.573. The largest absolute Gasteiger partial charge is 0.505 e. The molecule has 0 bridgehead atoms. The zero-order valence-electron chi connectivity index (χ0n) is 10.8. The Hall–Kier alpha value is -3.10. The number of para-hydroxylation sites is 1. The number of H-pyrrole nitrogens is 1. The molecule has 0 aliphatic heterocycles. The first kappa shape index (κ1) is 14.3. The topological polar surface area (TPSA) is 140 Å². The van der Waals surface area contributed by atoms with Crippen molar-refractivity contribution in [1.82, 2.24) is 20.5 Å². The molecular weight excluding hydrogens is 278 g/mol. The summed E-state index contributed by atoms with van der Waals surface area (Å²) in [5.74, 6) is -1.14. The molecule has 21 heavy (non-hydrogen) atoms. The number of aromatic nitrogens is 3. The molecule has 9 nitrogen and oxygen atoms in total. The predicted molar refractivity (Wildman–Crippen MR) is 72.2 cm³/mol. The zero-order chi connectivity index (χ0) is 15.2. The molecule has 0 radical (unpaired) electrons. The summed E-state index contributed by atoms with van der Waals surface area (Å²) in [6.07, 6.45) is 1.83. The van der Waals surface area contributed by atoms with Crippen LogP contribution in [0.25, 0.3) is 0 Å². The molecule has 1 aromatic heterocycles. The van der Waals surface area contributed by atoms with Gasteiger partial charge in [0.25, 0.3) is 0 Å². The lowest BCUT2D eigenvalue weighted by Gasteiger charge is -2.09. The van der Waals surface area contributed by atoms with E-state index in [-0.39, 0.29) is 11.3 Å². The van der Waals surface area contributed by atoms with Gasteiger partial charge in [-0.15, -0.1) is 0 Å². The highest BCUT2D eigenvalue weighted by Gasteiger charge is 2.14. The number of carboxylic acids is 1. The number of nitrogens with zero attached hydrogens (tertiary/aromatic N) is 2. The number of carboxylic acid groups (broad SMARTS) is 1. The quantitative estimate of drug-likeness (QED) is 0.510. The van der Waals surface area contributed by atoms with Crippen molar-refractivity contribution in [3.8, 4) is 5.75 Å². The molecule has 0 spiro atoms. The van der Waals surface area contributed by atoms with Gasteiger partial charge in [0.15, 0.2) is 5.75 Å². The number of aromatic amines is 1. The van der Waals surface area contributed by atoms with Gasteiger partial charge in [0, 0.05) is 13.0 Å². The highest BCUT2D eigenvalue weighted by atomic mass is 16.4. The summed E-state index contributed by atoms with van der Waals surface area (Å²) >= 11 is 0. The fourth-order valence-corrected chi connectivity index (χ4v) is 1.63. The molecule has 0 aliphatic carbocycles. The Bertz CT molecular complexity index is 641. The SMILES string of the molecule is O=C(NCCc1ncn[nH]1)Nc1cccc(C(=O)O)c1O. The third-order valence-corrected chi connectivity index (χ3v) is 2.63. The maximum atomic E-state index is 11.6. The first-order valence-corrected chi connectivity index (χ1v) is 6.02. The van der Waals surface area contributed by atoms with Gasteiger partial charge in [-0.1, -0.05) is 6.07 Å². The summed E-state index contributed by atoms with van der Waals surface area (Å²) in [5.41, 5.74) is -0.262. The average Bonchev–Trinajstić information content (AvgIpc) is 2.94. The molecule has 9 heteroatoms. The number of hydrogen-bond donors (Lipinski definition) is 5. The zero-order valence-corrected chi connectivity index (χ0v) is 10.8. The van der Waals surface area contributed by atoms with E-state index < -0.39 is 17.7 Å². The number of benzene rings is 1. The van der Waals surface area contributed by atoms with Crippen LogP contribution in [-0.4, -0.2) is 43.9 Å². The van der Waals surface area contributed by atoms with Crippen LogP contribution in [0.4, 0.5) is 10.5 Å². The second-order valence-electron chi connectivity index (χ2n) is 4.07. The van der Waals surface area contributed by atoms with Gasteiger partial charge in [0.05, 0.1) is 5.69 Å². The molecule has 2 aromatic rings. The number of hydrogen-bond acceptors (Lipinski definition) is 5. The molecule has 1 aromatic carbocycles. The lowest BCUT2D eigenvalue weighted by Crippen LogP contribution is -2.30. The molecule has 2 amide bonds. The van der Waals surface area contributed by atoms with Crippen molar-refractivity contribution >= 4 is 17.7 Å². The number of amides is 2. The minimum Gasteiger partial charge on any atom is -0.505 e. The van der Waals surface area contributed by atoms with E-state index in [1.54, 1.807) is 0 Å². The molecule has 2 rings (SSSR count). The van der Waals surface area contributed by atoms with E-state index in [0.717, 1.165) is 0 Å². The third-order valence-electron chi connectivity index (χ3n) is 2.63. The molecule has 0 saturated carbocycles. The van der Waals surface area contributed by atoms with Gasteiger partial charge in [-0.25, -0.2) is 14.6 Å². The minimum atomic E-state index is -1.28. The number of nitrogens with one attached hydrogen (secondary N) is 3. The Morgan fingerprint density at radius 2 is 2.14 bits per heavy atom. The van der Waals surface area contributed by atoms with Crippen LogP contribution in [0.5, 0.6) is 5.75 Å². The van der Waals surface area contributed by atoms with Gasteiger partial charge in [0.1, 0.15) is 17.7 Å². The first-order valence-electron chi connectivity index (χ1n) is 6.02. The lowest BCUT2D eigenvalue weighted by molar-refractivity contribution is 0.0693. The van der Waals surface area contributed by atoms with Crippen LogP contribution in [0.2, 0.25) is 0 Å². The fourth-order valence-electron chi connectivity index (χ4n) is 1.63. The highest BCUT2D eigenvalue weighted by Crippen LogP contribution is 2.27. The van der Waals surface area contributed by atoms with Crippen molar-refractivity contribution in [2.45, 2.75) is 6.42 Å². The normalized spacial score (nSPS) is 10.1. The third kappa shape index (κ3) is 3.69. The maximum Gasteiger partial charge on any atom is 0.339 e. The molecule has 0 atom stereocenters. The molecule has 1 heterocycles. The van der Waals surface area contributed by atoms with Crippen LogP contribution in [0, 0.1) is 0 Å². The van der Waals surface area contributed by atoms with Crippen LogP contribution >= 0.6 is 0 Å². The van der Waals surface area contributed by atoms with Crippen LogP contribution in [0.15, 0.2) is 24.5 Å². The van der Waals surface area contributed by atoms with Gasteiger partial charge in [-0.2, -0.15) is 5.10 Å². The van der Waals surface area contributed by atoms with Crippen molar-refractivity contribution in [3.63, 3.8) is 0 Å². The Morgan fingerprint density at radius 1 is 1.33 bits per heavy atom. The van der Waals surface area contributed by atoms with Gasteiger partial charge < -0.3 is 20.8 Å². The smallest absolute Gasteiger partial charge is 0.339 e. The first-order chi connectivity index (χ1) is 10.1. The van der Waals surface area contributed by atoms with Crippen molar-refractivity contribution in [2.24, 2.45) is 0 Å². The van der Waals surface area contributed by atoms with Gasteiger partial charge in [-0.3, -0.25) is 5.10 Å². The van der Waals surface area contributed by atoms with Crippen LogP contribution < -0.4 is 10.6 Å². The van der Waals surface area contributed by atoms with Crippen molar-refractivity contribution in [2.75, 3.05) is 11.9 Å². The van der Waals surface area contributed by atoms with Crippen molar-refractivity contribution < 1.29 is 19.8 Å². The molecule has 0 aliphatic rings. The van der Waals surface area contributed by atoms with E-state index in [2.05, 4.69) is 25.8 Å². The van der Waals surface area contributed by atoms with Crippen LogP contribution in [-0.2, 0) is 6.42 Å². The molecule has 5 N–H and O–H groups in total. The van der Waals surface area contributed by atoms with E-state index in [9.17, 15) is 14.7 Å². The Labute approximate surface area is 119 Å².